The molecule has 120 valence electrons. The monoisotopic (exact) mass is 309 g/mol. The number of hydrazone groups is 1. The summed E-state index contributed by atoms with van der Waals surface area (Å²) in [5, 5.41) is 7.03. The number of hydrogen-bond donors (Lipinski definition) is 2. The maximum Gasteiger partial charge on any atom is 0.259 e. The van der Waals surface area contributed by atoms with Gasteiger partial charge in [0.05, 0.1) is 12.8 Å². The van der Waals surface area contributed by atoms with E-state index in [1.54, 1.807) is 6.21 Å². The summed E-state index contributed by atoms with van der Waals surface area (Å²) in [6, 6.07) is 16.0. The summed E-state index contributed by atoms with van der Waals surface area (Å²) < 4.78 is 0. The molecule has 0 aliphatic heterocycles. The smallest absolute Gasteiger partial charge is 0.259 e. The van der Waals surface area contributed by atoms with E-state index >= 15 is 0 Å². The molecule has 0 unspecified atom stereocenters. The Labute approximate surface area is 137 Å². The van der Waals surface area contributed by atoms with Crippen molar-refractivity contribution in [1.82, 2.24) is 5.43 Å². The van der Waals surface area contributed by atoms with Gasteiger partial charge in [0.25, 0.3) is 5.91 Å². The first-order chi connectivity index (χ1) is 11.0. The summed E-state index contributed by atoms with van der Waals surface area (Å²) in [5.74, 6) is 0.328. The second-order valence-electron chi connectivity index (χ2n) is 5.83. The van der Waals surface area contributed by atoms with Gasteiger partial charge in [-0.05, 0) is 36.1 Å². The number of hydrogen-bond acceptors (Lipinski definition) is 3. The first-order valence-corrected chi connectivity index (χ1v) is 7.77. The topological polar surface area (TPSA) is 53.5 Å². The van der Waals surface area contributed by atoms with Crippen molar-refractivity contribution in [2.75, 3.05) is 11.9 Å². The van der Waals surface area contributed by atoms with E-state index in [1.807, 2.05) is 43.3 Å². The molecule has 0 radical (unpaired) electrons. The van der Waals surface area contributed by atoms with Crippen LogP contribution in [0.15, 0.2) is 53.6 Å². The molecular weight excluding hydrogens is 286 g/mol. The molecule has 0 aromatic heterocycles. The fourth-order valence-electron chi connectivity index (χ4n) is 2.04. The number of carbonyl (C=O) groups excluding carboxylic acids is 1. The molecule has 1 amide bonds. The Morgan fingerprint density at radius 2 is 1.74 bits per heavy atom. The molecule has 0 aliphatic carbocycles. The Hall–Kier alpha value is -2.62. The zero-order valence-electron chi connectivity index (χ0n) is 13.8. The van der Waals surface area contributed by atoms with E-state index in [1.165, 1.54) is 11.1 Å². The molecule has 2 rings (SSSR count). The van der Waals surface area contributed by atoms with Gasteiger partial charge < -0.3 is 5.32 Å². The summed E-state index contributed by atoms with van der Waals surface area (Å²) in [7, 11) is 0. The summed E-state index contributed by atoms with van der Waals surface area (Å²) in [5.41, 5.74) is 6.87. The quantitative estimate of drug-likeness (QED) is 0.632. The standard InChI is InChI=1S/C19H23N3O/c1-14(2)17-8-6-16(7-9-17)12-21-22-19(23)13-20-18-10-4-15(3)5-11-18/h4-12,14,20H,13H2,1-3H3,(H,22,23). The third kappa shape index (κ3) is 5.58. The van der Waals surface area contributed by atoms with Crippen molar-refractivity contribution in [2.45, 2.75) is 26.7 Å². The minimum absolute atomic E-state index is 0.180. The summed E-state index contributed by atoms with van der Waals surface area (Å²) in [4.78, 5) is 11.7. The number of nitrogens with one attached hydrogen (secondary N) is 2. The second kappa shape index (κ2) is 8.13. The zero-order chi connectivity index (χ0) is 16.7. The number of benzene rings is 2. The predicted molar refractivity (Wildman–Crippen MR) is 95.9 cm³/mol. The van der Waals surface area contributed by atoms with Gasteiger partial charge in [0.15, 0.2) is 0 Å². The first kappa shape index (κ1) is 16.7. The lowest BCUT2D eigenvalue weighted by Crippen LogP contribution is -2.25. The molecule has 2 aromatic carbocycles. The average Bonchev–Trinajstić information content (AvgIpc) is 2.55. The largest absolute Gasteiger partial charge is 0.376 e. The molecular formula is C19H23N3O. The average molecular weight is 309 g/mol. The van der Waals surface area contributed by atoms with Gasteiger partial charge >= 0.3 is 0 Å². The lowest BCUT2D eigenvalue weighted by molar-refractivity contribution is -0.119. The van der Waals surface area contributed by atoms with Gasteiger partial charge in [-0.3, -0.25) is 4.79 Å². The highest BCUT2D eigenvalue weighted by atomic mass is 16.2. The molecule has 0 saturated heterocycles. The lowest BCUT2D eigenvalue weighted by Gasteiger charge is -2.06. The number of amides is 1. The van der Waals surface area contributed by atoms with Crippen LogP contribution >= 0.6 is 0 Å². The van der Waals surface area contributed by atoms with E-state index < -0.39 is 0 Å². The number of anilines is 1. The van der Waals surface area contributed by atoms with Crippen LogP contribution in [0.2, 0.25) is 0 Å². The van der Waals surface area contributed by atoms with E-state index in [0.29, 0.717) is 5.92 Å². The van der Waals surface area contributed by atoms with Gasteiger partial charge in [0.2, 0.25) is 0 Å². The highest BCUT2D eigenvalue weighted by molar-refractivity contribution is 5.84. The fourth-order valence-corrected chi connectivity index (χ4v) is 2.04. The number of aryl methyl sites for hydroxylation is 1. The normalized spacial score (nSPS) is 11.0. The Morgan fingerprint density at radius 3 is 2.35 bits per heavy atom. The Balaban J connectivity index is 1.78. The van der Waals surface area contributed by atoms with Crippen LogP contribution in [0.25, 0.3) is 0 Å². The minimum atomic E-state index is -0.180. The predicted octanol–water partition coefficient (Wildman–Crippen LogP) is 3.68. The maximum absolute atomic E-state index is 11.7. The van der Waals surface area contributed by atoms with Crippen molar-refractivity contribution in [3.8, 4) is 0 Å². The van der Waals surface area contributed by atoms with Crippen molar-refractivity contribution in [1.29, 1.82) is 0 Å². The van der Waals surface area contributed by atoms with Crippen molar-refractivity contribution in [3.63, 3.8) is 0 Å². The molecule has 0 fully saturated rings. The van der Waals surface area contributed by atoms with E-state index in [0.717, 1.165) is 11.3 Å². The van der Waals surface area contributed by atoms with Crippen molar-refractivity contribution >= 4 is 17.8 Å². The molecule has 0 atom stereocenters. The van der Waals surface area contributed by atoms with Crippen LogP contribution in [0.5, 0.6) is 0 Å². The van der Waals surface area contributed by atoms with E-state index in [-0.39, 0.29) is 12.5 Å². The van der Waals surface area contributed by atoms with E-state index in [9.17, 15) is 4.79 Å². The van der Waals surface area contributed by atoms with Crippen LogP contribution in [0.3, 0.4) is 0 Å². The van der Waals surface area contributed by atoms with Crippen molar-refractivity contribution < 1.29 is 4.79 Å². The van der Waals surface area contributed by atoms with Gasteiger partial charge in [0.1, 0.15) is 0 Å². The minimum Gasteiger partial charge on any atom is -0.376 e. The summed E-state index contributed by atoms with van der Waals surface area (Å²) in [6.07, 6.45) is 1.65. The van der Waals surface area contributed by atoms with E-state index in [4.69, 9.17) is 0 Å². The van der Waals surface area contributed by atoms with Crippen LogP contribution in [0, 0.1) is 6.92 Å². The molecule has 0 heterocycles. The Bertz CT molecular complexity index is 658. The third-order valence-electron chi connectivity index (χ3n) is 3.51. The Morgan fingerprint density at radius 1 is 1.09 bits per heavy atom. The van der Waals surface area contributed by atoms with Gasteiger partial charge in [-0.1, -0.05) is 55.8 Å². The van der Waals surface area contributed by atoms with Crippen LogP contribution in [0.1, 0.15) is 36.5 Å². The molecule has 4 heteroatoms. The molecule has 23 heavy (non-hydrogen) atoms. The summed E-state index contributed by atoms with van der Waals surface area (Å²) >= 11 is 0. The van der Waals surface area contributed by atoms with Gasteiger partial charge in [-0.2, -0.15) is 5.10 Å². The molecule has 0 bridgehead atoms. The lowest BCUT2D eigenvalue weighted by atomic mass is 10.0. The van der Waals surface area contributed by atoms with Gasteiger partial charge in [-0.25, -0.2) is 5.43 Å². The highest BCUT2D eigenvalue weighted by Crippen LogP contribution is 2.13. The molecule has 2 N–H and O–H groups in total. The molecule has 2 aromatic rings. The van der Waals surface area contributed by atoms with Gasteiger partial charge in [-0.15, -0.1) is 0 Å². The van der Waals surface area contributed by atoms with Crippen LogP contribution < -0.4 is 10.7 Å². The van der Waals surface area contributed by atoms with Crippen molar-refractivity contribution in [3.05, 3.63) is 65.2 Å². The SMILES string of the molecule is Cc1ccc(NCC(=O)NN=Cc2ccc(C(C)C)cc2)cc1. The third-order valence-corrected chi connectivity index (χ3v) is 3.51. The first-order valence-electron chi connectivity index (χ1n) is 7.77. The summed E-state index contributed by atoms with van der Waals surface area (Å²) in [6.45, 7) is 6.53. The Kier molecular flexibility index (Phi) is 5.92. The van der Waals surface area contributed by atoms with Gasteiger partial charge in [0, 0.05) is 5.69 Å². The second-order valence-corrected chi connectivity index (χ2v) is 5.83. The van der Waals surface area contributed by atoms with Crippen LogP contribution in [-0.4, -0.2) is 18.7 Å². The molecule has 0 aliphatic rings. The van der Waals surface area contributed by atoms with E-state index in [2.05, 4.69) is 41.8 Å². The number of carbonyl (C=O) groups is 1. The number of nitrogens with zero attached hydrogens (tertiary/aromatic N) is 1. The van der Waals surface area contributed by atoms with Crippen LogP contribution in [0.4, 0.5) is 5.69 Å². The fraction of sp³-hybridized carbons (Fsp3) is 0.263. The maximum atomic E-state index is 11.7. The highest BCUT2D eigenvalue weighted by Gasteiger charge is 2.00. The number of rotatable bonds is 6. The molecule has 4 nitrogen and oxygen atoms in total. The zero-order valence-corrected chi connectivity index (χ0v) is 13.8. The molecule has 0 spiro atoms. The van der Waals surface area contributed by atoms with Crippen LogP contribution in [-0.2, 0) is 4.79 Å². The molecule has 0 saturated carbocycles. The van der Waals surface area contributed by atoms with Crippen molar-refractivity contribution in [2.24, 2.45) is 5.10 Å².